The normalized spacial score (nSPS) is 15.2. The molecular formula is C22H28N6. The first-order chi connectivity index (χ1) is 13.7. The van der Waals surface area contributed by atoms with Gasteiger partial charge in [-0.15, -0.1) is 0 Å². The van der Waals surface area contributed by atoms with E-state index < -0.39 is 0 Å². The summed E-state index contributed by atoms with van der Waals surface area (Å²) in [6.45, 7) is 7.46. The molecule has 1 saturated heterocycles. The van der Waals surface area contributed by atoms with Gasteiger partial charge in [0.1, 0.15) is 5.82 Å². The number of hydrogen-bond donors (Lipinski definition) is 2. The molecule has 0 unspecified atom stereocenters. The van der Waals surface area contributed by atoms with Gasteiger partial charge in [0, 0.05) is 31.9 Å². The smallest absolute Gasteiger partial charge is 0.191 e. The van der Waals surface area contributed by atoms with Crippen LogP contribution in [0.25, 0.3) is 0 Å². The quantitative estimate of drug-likeness (QED) is 0.620. The number of aromatic nitrogens is 1. The molecule has 6 heteroatoms. The number of anilines is 1. The van der Waals surface area contributed by atoms with Gasteiger partial charge in [0.2, 0.25) is 0 Å². The van der Waals surface area contributed by atoms with Crippen LogP contribution in [-0.4, -0.2) is 36.6 Å². The van der Waals surface area contributed by atoms with E-state index in [0.29, 0.717) is 18.2 Å². The van der Waals surface area contributed by atoms with Crippen LogP contribution in [0.4, 0.5) is 5.82 Å². The summed E-state index contributed by atoms with van der Waals surface area (Å²) in [5, 5.41) is 15.9. The molecule has 1 aromatic heterocycles. The maximum atomic E-state index is 9.04. The zero-order valence-corrected chi connectivity index (χ0v) is 16.7. The fraction of sp³-hybridized carbons (Fsp3) is 0.409. The summed E-state index contributed by atoms with van der Waals surface area (Å²) in [4.78, 5) is 11.6. The van der Waals surface area contributed by atoms with Crippen molar-refractivity contribution >= 4 is 11.8 Å². The molecule has 0 aliphatic carbocycles. The Morgan fingerprint density at radius 2 is 2.11 bits per heavy atom. The Morgan fingerprint density at radius 1 is 1.29 bits per heavy atom. The van der Waals surface area contributed by atoms with Gasteiger partial charge in [0.25, 0.3) is 0 Å². The van der Waals surface area contributed by atoms with Crippen molar-refractivity contribution in [1.29, 1.82) is 5.26 Å². The molecule has 1 aromatic carbocycles. The molecule has 0 radical (unpaired) electrons. The second-order valence-corrected chi connectivity index (χ2v) is 7.11. The van der Waals surface area contributed by atoms with E-state index in [4.69, 9.17) is 10.3 Å². The third-order valence-electron chi connectivity index (χ3n) is 4.88. The molecule has 2 heterocycles. The van der Waals surface area contributed by atoms with Gasteiger partial charge in [-0.2, -0.15) is 5.26 Å². The molecule has 0 bridgehead atoms. The number of pyridine rings is 1. The molecule has 0 atom stereocenters. The first-order valence-electron chi connectivity index (χ1n) is 9.89. The molecule has 28 heavy (non-hydrogen) atoms. The standard InChI is InChI=1S/C22H28N6/c1-3-24-22(26-16-19-6-4-5-18(13-19)14-23)27-20-9-11-28(12-10-20)21-8-7-17(2)15-25-21/h4-8,13,15,20H,3,9-12,16H2,1-2H3,(H2,24,26,27). The molecular weight excluding hydrogens is 348 g/mol. The van der Waals surface area contributed by atoms with Crippen molar-refractivity contribution < 1.29 is 0 Å². The second-order valence-electron chi connectivity index (χ2n) is 7.11. The predicted octanol–water partition coefficient (Wildman–Crippen LogP) is 2.99. The van der Waals surface area contributed by atoms with Crippen LogP contribution < -0.4 is 15.5 Å². The van der Waals surface area contributed by atoms with Crippen molar-refractivity contribution in [2.75, 3.05) is 24.5 Å². The van der Waals surface area contributed by atoms with Gasteiger partial charge >= 0.3 is 0 Å². The van der Waals surface area contributed by atoms with Crippen LogP contribution in [0, 0.1) is 18.3 Å². The number of benzene rings is 1. The lowest BCUT2D eigenvalue weighted by atomic mass is 10.1. The first-order valence-corrected chi connectivity index (χ1v) is 9.89. The van der Waals surface area contributed by atoms with Crippen LogP contribution in [-0.2, 0) is 6.54 Å². The Hall–Kier alpha value is -3.07. The first kappa shape index (κ1) is 19.7. The number of hydrogen-bond acceptors (Lipinski definition) is 4. The Balaban J connectivity index is 1.55. The highest BCUT2D eigenvalue weighted by Gasteiger charge is 2.20. The predicted molar refractivity (Wildman–Crippen MR) is 113 cm³/mol. The van der Waals surface area contributed by atoms with Crippen LogP contribution >= 0.6 is 0 Å². The SMILES string of the molecule is CCNC(=NCc1cccc(C#N)c1)NC1CCN(c2ccc(C)cn2)CC1. The Morgan fingerprint density at radius 3 is 2.79 bits per heavy atom. The second kappa shape index (κ2) is 9.75. The maximum absolute atomic E-state index is 9.04. The fourth-order valence-electron chi connectivity index (χ4n) is 3.32. The third-order valence-corrected chi connectivity index (χ3v) is 4.88. The lowest BCUT2D eigenvalue weighted by molar-refractivity contribution is 0.459. The lowest BCUT2D eigenvalue weighted by Crippen LogP contribution is -2.48. The zero-order chi connectivity index (χ0) is 19.8. The summed E-state index contributed by atoms with van der Waals surface area (Å²) in [7, 11) is 0. The molecule has 0 saturated carbocycles. The molecule has 0 amide bonds. The van der Waals surface area contributed by atoms with Crippen molar-refractivity contribution in [2.45, 2.75) is 39.3 Å². The van der Waals surface area contributed by atoms with Crippen LogP contribution in [0.1, 0.15) is 36.5 Å². The molecule has 1 aliphatic heterocycles. The number of nitriles is 1. The highest BCUT2D eigenvalue weighted by Crippen LogP contribution is 2.18. The Kier molecular flexibility index (Phi) is 6.85. The Bertz CT molecular complexity index is 829. The molecule has 3 rings (SSSR count). The van der Waals surface area contributed by atoms with Crippen LogP contribution in [0.3, 0.4) is 0 Å². The molecule has 0 spiro atoms. The van der Waals surface area contributed by atoms with E-state index in [1.54, 1.807) is 0 Å². The van der Waals surface area contributed by atoms with E-state index in [-0.39, 0.29) is 0 Å². The summed E-state index contributed by atoms with van der Waals surface area (Å²) in [5.41, 5.74) is 2.89. The van der Waals surface area contributed by atoms with Crippen LogP contribution in [0.15, 0.2) is 47.6 Å². The van der Waals surface area contributed by atoms with Crippen LogP contribution in [0.5, 0.6) is 0 Å². The lowest BCUT2D eigenvalue weighted by Gasteiger charge is -2.33. The van der Waals surface area contributed by atoms with Crippen molar-refractivity contribution in [2.24, 2.45) is 4.99 Å². The number of nitrogens with zero attached hydrogens (tertiary/aromatic N) is 4. The number of nitrogens with one attached hydrogen (secondary N) is 2. The summed E-state index contributed by atoms with van der Waals surface area (Å²) in [6.07, 6.45) is 4.02. The number of guanidine groups is 1. The van der Waals surface area contributed by atoms with Gasteiger partial charge in [-0.05, 0) is 56.0 Å². The molecule has 1 fully saturated rings. The van der Waals surface area contributed by atoms with Crippen molar-refractivity contribution in [1.82, 2.24) is 15.6 Å². The summed E-state index contributed by atoms with van der Waals surface area (Å²) in [6, 6.07) is 14.4. The van der Waals surface area contributed by atoms with E-state index in [1.807, 2.05) is 30.5 Å². The van der Waals surface area contributed by atoms with Gasteiger partial charge < -0.3 is 15.5 Å². The highest BCUT2D eigenvalue weighted by atomic mass is 15.2. The van der Waals surface area contributed by atoms with E-state index in [9.17, 15) is 0 Å². The minimum atomic E-state index is 0.393. The van der Waals surface area contributed by atoms with E-state index in [1.165, 1.54) is 5.56 Å². The number of aliphatic imine (C=N–C) groups is 1. The van der Waals surface area contributed by atoms with Gasteiger partial charge in [-0.25, -0.2) is 9.98 Å². The van der Waals surface area contributed by atoms with E-state index in [2.05, 4.69) is 52.6 Å². The maximum Gasteiger partial charge on any atom is 0.191 e. The minimum Gasteiger partial charge on any atom is -0.357 e. The average molecular weight is 377 g/mol. The van der Waals surface area contributed by atoms with E-state index >= 15 is 0 Å². The third kappa shape index (κ3) is 5.46. The van der Waals surface area contributed by atoms with Gasteiger partial charge in [-0.1, -0.05) is 18.2 Å². The number of rotatable bonds is 5. The molecule has 146 valence electrons. The fourth-order valence-corrected chi connectivity index (χ4v) is 3.32. The largest absolute Gasteiger partial charge is 0.357 e. The van der Waals surface area contributed by atoms with Gasteiger partial charge in [0.15, 0.2) is 5.96 Å². The van der Waals surface area contributed by atoms with E-state index in [0.717, 1.165) is 49.8 Å². The number of aryl methyl sites for hydroxylation is 1. The van der Waals surface area contributed by atoms with Crippen molar-refractivity contribution in [3.05, 3.63) is 59.3 Å². The summed E-state index contributed by atoms with van der Waals surface area (Å²) >= 11 is 0. The van der Waals surface area contributed by atoms with Crippen molar-refractivity contribution in [3.8, 4) is 6.07 Å². The molecule has 2 N–H and O–H groups in total. The topological polar surface area (TPSA) is 76.3 Å². The summed E-state index contributed by atoms with van der Waals surface area (Å²) in [5.74, 6) is 1.89. The molecule has 6 nitrogen and oxygen atoms in total. The average Bonchev–Trinajstić information content (AvgIpc) is 2.73. The minimum absolute atomic E-state index is 0.393. The van der Waals surface area contributed by atoms with Gasteiger partial charge in [-0.3, -0.25) is 0 Å². The van der Waals surface area contributed by atoms with Gasteiger partial charge in [0.05, 0.1) is 18.2 Å². The highest BCUT2D eigenvalue weighted by molar-refractivity contribution is 5.80. The molecule has 2 aromatic rings. The van der Waals surface area contributed by atoms with Crippen LogP contribution in [0.2, 0.25) is 0 Å². The van der Waals surface area contributed by atoms with Crippen molar-refractivity contribution in [3.63, 3.8) is 0 Å². The monoisotopic (exact) mass is 376 g/mol. The molecule has 1 aliphatic rings. The summed E-state index contributed by atoms with van der Waals surface area (Å²) < 4.78 is 0. The zero-order valence-electron chi connectivity index (χ0n) is 16.7. The Labute approximate surface area is 167 Å². The number of piperidine rings is 1.